The maximum atomic E-state index is 5.49. The smallest absolute Gasteiger partial charge is 0.213 e. The van der Waals surface area contributed by atoms with Crippen LogP contribution in [0.2, 0.25) is 0 Å². The minimum absolute atomic E-state index is 0.521. The number of hydrogen-bond acceptors (Lipinski definition) is 4. The molecule has 2 heterocycles. The average Bonchev–Trinajstić information content (AvgIpc) is 2.76. The van der Waals surface area contributed by atoms with Gasteiger partial charge in [0.1, 0.15) is 11.6 Å². The highest BCUT2D eigenvalue weighted by molar-refractivity contribution is 9.11. The first-order valence-corrected chi connectivity index (χ1v) is 6.76. The van der Waals surface area contributed by atoms with Gasteiger partial charge in [0.2, 0.25) is 5.89 Å². The largest absolute Gasteiger partial charge is 0.444 e. The van der Waals surface area contributed by atoms with Crippen LogP contribution in [0.25, 0.3) is 0 Å². The molecule has 2 rings (SSSR count). The molecule has 0 amide bonds. The molecule has 0 aromatic carbocycles. The van der Waals surface area contributed by atoms with Crippen LogP contribution in [0.4, 0.5) is 5.82 Å². The van der Waals surface area contributed by atoms with Crippen molar-refractivity contribution >= 4 is 37.7 Å². The minimum Gasteiger partial charge on any atom is -0.444 e. The highest BCUT2D eigenvalue weighted by Gasteiger charge is 2.05. The molecule has 1 N–H and O–H groups in total. The lowest BCUT2D eigenvalue weighted by Gasteiger charge is -2.05. The molecule has 0 atom stereocenters. The van der Waals surface area contributed by atoms with Crippen molar-refractivity contribution in [3.63, 3.8) is 0 Å². The van der Waals surface area contributed by atoms with Gasteiger partial charge in [0.05, 0.1) is 17.2 Å². The molecule has 0 aliphatic carbocycles. The van der Waals surface area contributed by atoms with Crippen molar-refractivity contribution in [2.24, 2.45) is 0 Å². The van der Waals surface area contributed by atoms with Crippen molar-refractivity contribution in [3.05, 3.63) is 39.1 Å². The summed E-state index contributed by atoms with van der Waals surface area (Å²) in [4.78, 5) is 8.41. The van der Waals surface area contributed by atoms with Gasteiger partial charge in [-0.3, -0.25) is 0 Å². The van der Waals surface area contributed by atoms with E-state index in [1.54, 1.807) is 12.4 Å². The number of halogens is 2. The van der Waals surface area contributed by atoms with Crippen LogP contribution in [0.1, 0.15) is 18.6 Å². The van der Waals surface area contributed by atoms with Crippen molar-refractivity contribution in [1.82, 2.24) is 9.97 Å². The van der Waals surface area contributed by atoms with Crippen LogP contribution < -0.4 is 5.32 Å². The Hall–Kier alpha value is -0.880. The maximum Gasteiger partial charge on any atom is 0.213 e. The fourth-order valence-corrected chi connectivity index (χ4v) is 2.42. The molecule has 2 aromatic rings. The van der Waals surface area contributed by atoms with Crippen molar-refractivity contribution < 1.29 is 4.42 Å². The third kappa shape index (κ3) is 3.29. The Morgan fingerprint density at radius 2 is 2.12 bits per heavy atom. The number of anilines is 1. The van der Waals surface area contributed by atoms with Crippen LogP contribution in [-0.2, 0) is 13.0 Å². The standard InChI is InChI=1S/C11H11Br2N3O/c1-2-8-5-14-10(17-8)6-16-11-9(13)3-7(12)4-15-11/h3-5H,2,6H2,1H3,(H,15,16). The second-order valence-corrected chi connectivity index (χ2v) is 5.18. The van der Waals surface area contributed by atoms with E-state index in [2.05, 4.69) is 47.1 Å². The highest BCUT2D eigenvalue weighted by Crippen LogP contribution is 2.23. The van der Waals surface area contributed by atoms with E-state index in [-0.39, 0.29) is 0 Å². The van der Waals surface area contributed by atoms with Gasteiger partial charge in [-0.2, -0.15) is 0 Å². The Morgan fingerprint density at radius 3 is 2.76 bits per heavy atom. The Kier molecular flexibility index (Phi) is 4.17. The van der Waals surface area contributed by atoms with Crippen molar-refractivity contribution in [1.29, 1.82) is 0 Å². The summed E-state index contributed by atoms with van der Waals surface area (Å²) in [5, 5.41) is 3.16. The molecule has 0 fully saturated rings. The molecular weight excluding hydrogens is 350 g/mol. The van der Waals surface area contributed by atoms with Crippen LogP contribution >= 0.6 is 31.9 Å². The lowest BCUT2D eigenvalue weighted by Crippen LogP contribution is -2.02. The molecule has 90 valence electrons. The van der Waals surface area contributed by atoms with Crippen LogP contribution in [0.5, 0.6) is 0 Å². The van der Waals surface area contributed by atoms with Gasteiger partial charge >= 0.3 is 0 Å². The highest BCUT2D eigenvalue weighted by atomic mass is 79.9. The van der Waals surface area contributed by atoms with E-state index in [1.165, 1.54) is 0 Å². The van der Waals surface area contributed by atoms with Crippen LogP contribution in [0.3, 0.4) is 0 Å². The molecule has 0 saturated carbocycles. The lowest BCUT2D eigenvalue weighted by atomic mass is 10.4. The first kappa shape index (κ1) is 12.6. The molecule has 0 radical (unpaired) electrons. The number of nitrogens with zero attached hydrogens (tertiary/aromatic N) is 2. The summed E-state index contributed by atoms with van der Waals surface area (Å²) in [7, 11) is 0. The van der Waals surface area contributed by atoms with Crippen molar-refractivity contribution in [2.45, 2.75) is 19.9 Å². The third-order valence-electron chi connectivity index (χ3n) is 2.16. The number of oxazole rings is 1. The van der Waals surface area contributed by atoms with E-state index in [1.807, 2.05) is 13.0 Å². The Morgan fingerprint density at radius 1 is 1.29 bits per heavy atom. The van der Waals surface area contributed by atoms with Crippen molar-refractivity contribution in [3.8, 4) is 0 Å². The second-order valence-electron chi connectivity index (χ2n) is 3.41. The molecule has 0 aliphatic rings. The summed E-state index contributed by atoms with van der Waals surface area (Å²) in [6, 6.07) is 1.93. The van der Waals surface area contributed by atoms with Crippen molar-refractivity contribution in [2.75, 3.05) is 5.32 Å². The molecule has 4 nitrogen and oxygen atoms in total. The van der Waals surface area contributed by atoms with Gasteiger partial charge in [-0.05, 0) is 37.9 Å². The molecule has 17 heavy (non-hydrogen) atoms. The maximum absolute atomic E-state index is 5.49. The molecule has 0 saturated heterocycles. The Bertz CT molecular complexity index is 513. The molecule has 6 heteroatoms. The first-order valence-electron chi connectivity index (χ1n) is 5.17. The molecule has 2 aromatic heterocycles. The first-order chi connectivity index (χ1) is 8.19. The normalized spacial score (nSPS) is 10.5. The van der Waals surface area contributed by atoms with Crippen LogP contribution in [-0.4, -0.2) is 9.97 Å². The molecule has 0 bridgehead atoms. The van der Waals surface area contributed by atoms with Crippen LogP contribution in [0.15, 0.2) is 31.8 Å². The van der Waals surface area contributed by atoms with Gasteiger partial charge in [0, 0.05) is 17.1 Å². The summed E-state index contributed by atoms with van der Waals surface area (Å²) < 4.78 is 7.32. The SMILES string of the molecule is CCc1cnc(CNc2ncc(Br)cc2Br)o1. The molecule has 0 spiro atoms. The summed E-state index contributed by atoms with van der Waals surface area (Å²) in [5.74, 6) is 2.33. The zero-order valence-electron chi connectivity index (χ0n) is 9.20. The van der Waals surface area contributed by atoms with E-state index >= 15 is 0 Å². The fraction of sp³-hybridized carbons (Fsp3) is 0.273. The summed E-state index contributed by atoms with van der Waals surface area (Å²) in [6.45, 7) is 2.55. The van der Waals surface area contributed by atoms with Gasteiger partial charge < -0.3 is 9.73 Å². The van der Waals surface area contributed by atoms with Gasteiger partial charge in [0.25, 0.3) is 0 Å². The predicted octanol–water partition coefficient (Wildman–Crippen LogP) is 3.77. The number of pyridine rings is 1. The van der Waals surface area contributed by atoms with Gasteiger partial charge in [0.15, 0.2) is 0 Å². The van der Waals surface area contributed by atoms with Gasteiger partial charge in [-0.15, -0.1) is 0 Å². The molecular formula is C11H11Br2N3O. The van der Waals surface area contributed by atoms with Gasteiger partial charge in [-0.25, -0.2) is 9.97 Å². The quantitative estimate of drug-likeness (QED) is 0.901. The fourth-order valence-electron chi connectivity index (χ4n) is 1.30. The van der Waals surface area contributed by atoms with E-state index < -0.39 is 0 Å². The van der Waals surface area contributed by atoms with Crippen LogP contribution in [0, 0.1) is 0 Å². The number of hydrogen-bond donors (Lipinski definition) is 1. The Labute approximate surface area is 116 Å². The number of nitrogens with one attached hydrogen (secondary N) is 1. The minimum atomic E-state index is 0.521. The third-order valence-corrected chi connectivity index (χ3v) is 3.20. The molecule has 0 aliphatic heterocycles. The predicted molar refractivity (Wildman–Crippen MR) is 72.8 cm³/mol. The summed E-state index contributed by atoms with van der Waals surface area (Å²) in [5.41, 5.74) is 0. The van der Waals surface area contributed by atoms with E-state index in [0.29, 0.717) is 12.4 Å². The molecule has 0 unspecified atom stereocenters. The zero-order chi connectivity index (χ0) is 12.3. The average molecular weight is 361 g/mol. The zero-order valence-corrected chi connectivity index (χ0v) is 12.4. The monoisotopic (exact) mass is 359 g/mol. The second kappa shape index (κ2) is 5.64. The number of rotatable bonds is 4. The summed E-state index contributed by atoms with van der Waals surface area (Å²) >= 11 is 6.79. The number of aryl methyl sites for hydroxylation is 1. The van der Waals surface area contributed by atoms with E-state index in [9.17, 15) is 0 Å². The van der Waals surface area contributed by atoms with E-state index in [4.69, 9.17) is 4.42 Å². The van der Waals surface area contributed by atoms with E-state index in [0.717, 1.165) is 26.9 Å². The lowest BCUT2D eigenvalue weighted by molar-refractivity contribution is 0.465. The number of aromatic nitrogens is 2. The van der Waals surface area contributed by atoms with Gasteiger partial charge in [-0.1, -0.05) is 6.92 Å². The summed E-state index contributed by atoms with van der Waals surface area (Å²) in [6.07, 6.45) is 4.34. The Balaban J connectivity index is 2.02. The topological polar surface area (TPSA) is 51.0 Å².